The summed E-state index contributed by atoms with van der Waals surface area (Å²) < 4.78 is 5.20. The Balaban J connectivity index is 1.75. The fraction of sp³-hybridized carbons (Fsp3) is 0.111. The molecule has 5 heteroatoms. The largest absolute Gasteiger partial charge is 0.465 e. The lowest BCUT2D eigenvalue weighted by molar-refractivity contribution is -0.115. The predicted molar refractivity (Wildman–Crippen MR) is 94.5 cm³/mol. The third-order valence-electron chi connectivity index (χ3n) is 3.30. The maximum Gasteiger partial charge on any atom is 0.264 e. The highest BCUT2D eigenvalue weighted by Gasteiger charge is 2.23. The topological polar surface area (TPSA) is 54.6 Å². The Bertz CT molecular complexity index is 789. The van der Waals surface area contributed by atoms with E-state index in [4.69, 9.17) is 4.42 Å². The van der Waals surface area contributed by atoms with Gasteiger partial charge in [0.1, 0.15) is 5.76 Å². The Morgan fingerprint density at radius 1 is 1.26 bits per heavy atom. The number of aliphatic imine (C=N–C) groups is 1. The first kappa shape index (κ1) is 15.4. The fourth-order valence-electron chi connectivity index (χ4n) is 2.14. The first-order valence-corrected chi connectivity index (χ1v) is 8.15. The quantitative estimate of drug-likeness (QED) is 0.854. The van der Waals surface area contributed by atoms with E-state index in [-0.39, 0.29) is 5.91 Å². The Morgan fingerprint density at radius 3 is 2.91 bits per heavy atom. The Morgan fingerprint density at radius 2 is 2.13 bits per heavy atom. The summed E-state index contributed by atoms with van der Waals surface area (Å²) in [6.07, 6.45) is 7.88. The average molecular weight is 324 g/mol. The number of allylic oxidation sites excluding steroid dienone is 2. The highest BCUT2D eigenvalue weighted by atomic mass is 32.2. The monoisotopic (exact) mass is 324 g/mol. The summed E-state index contributed by atoms with van der Waals surface area (Å²) in [4.78, 5) is 17.1. The number of rotatable bonds is 4. The third kappa shape index (κ3) is 3.81. The molecule has 1 N–H and O–H groups in total. The number of para-hydroxylation sites is 1. The van der Waals surface area contributed by atoms with Crippen molar-refractivity contribution in [2.75, 3.05) is 0 Å². The molecule has 23 heavy (non-hydrogen) atoms. The summed E-state index contributed by atoms with van der Waals surface area (Å²) in [5.41, 5.74) is 2.05. The molecule has 1 fully saturated rings. The SMILES string of the molecule is CCc1ccccc1N=C1NC(=O)/C(=C\C=C\c2ccco2)S1. The van der Waals surface area contributed by atoms with Gasteiger partial charge in [0.05, 0.1) is 16.9 Å². The predicted octanol–water partition coefficient (Wildman–Crippen LogP) is 4.29. The van der Waals surface area contributed by atoms with Gasteiger partial charge in [-0.15, -0.1) is 0 Å². The van der Waals surface area contributed by atoms with Crippen LogP contribution in [0.4, 0.5) is 5.69 Å². The number of aryl methyl sites for hydroxylation is 1. The second-order valence-electron chi connectivity index (χ2n) is 4.86. The summed E-state index contributed by atoms with van der Waals surface area (Å²) in [5, 5.41) is 3.40. The van der Waals surface area contributed by atoms with E-state index in [2.05, 4.69) is 17.2 Å². The van der Waals surface area contributed by atoms with E-state index >= 15 is 0 Å². The summed E-state index contributed by atoms with van der Waals surface area (Å²) in [6.45, 7) is 2.09. The molecule has 0 radical (unpaired) electrons. The lowest BCUT2D eigenvalue weighted by Crippen LogP contribution is -2.19. The first-order valence-electron chi connectivity index (χ1n) is 7.34. The lowest BCUT2D eigenvalue weighted by atomic mass is 10.1. The van der Waals surface area contributed by atoms with Crippen LogP contribution in [0.5, 0.6) is 0 Å². The zero-order valence-corrected chi connectivity index (χ0v) is 13.5. The van der Waals surface area contributed by atoms with Gasteiger partial charge in [0, 0.05) is 0 Å². The number of hydrogen-bond donors (Lipinski definition) is 1. The van der Waals surface area contributed by atoms with Crippen molar-refractivity contribution in [2.45, 2.75) is 13.3 Å². The van der Waals surface area contributed by atoms with Gasteiger partial charge < -0.3 is 9.73 Å². The second kappa shape index (κ2) is 7.15. The Kier molecular flexibility index (Phi) is 4.78. The van der Waals surface area contributed by atoms with Crippen molar-refractivity contribution in [3.8, 4) is 0 Å². The number of nitrogens with one attached hydrogen (secondary N) is 1. The van der Waals surface area contributed by atoms with Crippen molar-refractivity contribution in [3.05, 3.63) is 71.0 Å². The van der Waals surface area contributed by atoms with Crippen LogP contribution in [0.15, 0.2) is 69.1 Å². The fourth-order valence-corrected chi connectivity index (χ4v) is 2.93. The Hall–Kier alpha value is -2.53. The molecule has 1 aromatic heterocycles. The molecule has 116 valence electrons. The molecule has 3 rings (SSSR count). The third-order valence-corrected chi connectivity index (χ3v) is 4.22. The van der Waals surface area contributed by atoms with Crippen LogP contribution in [0.2, 0.25) is 0 Å². The molecule has 0 atom stereocenters. The van der Waals surface area contributed by atoms with Gasteiger partial charge in [-0.1, -0.05) is 31.2 Å². The molecule has 0 spiro atoms. The van der Waals surface area contributed by atoms with Gasteiger partial charge in [0.2, 0.25) is 0 Å². The molecule has 0 saturated carbocycles. The molecule has 2 aromatic rings. The van der Waals surface area contributed by atoms with Crippen molar-refractivity contribution >= 4 is 34.6 Å². The van der Waals surface area contributed by atoms with E-state index in [0.29, 0.717) is 10.1 Å². The average Bonchev–Trinajstić information content (AvgIpc) is 3.18. The number of carbonyl (C=O) groups excluding carboxylic acids is 1. The number of carbonyl (C=O) groups is 1. The molecule has 0 unspecified atom stereocenters. The van der Waals surface area contributed by atoms with Crippen molar-refractivity contribution < 1.29 is 9.21 Å². The van der Waals surface area contributed by atoms with Gasteiger partial charge >= 0.3 is 0 Å². The number of thioether (sulfide) groups is 1. The van der Waals surface area contributed by atoms with Crippen LogP contribution in [0.1, 0.15) is 18.2 Å². The maximum absolute atomic E-state index is 12.0. The van der Waals surface area contributed by atoms with Gasteiger partial charge in [0.25, 0.3) is 5.91 Å². The van der Waals surface area contributed by atoms with E-state index in [1.165, 1.54) is 11.8 Å². The standard InChI is InChI=1S/C18H16N2O2S/c1-2-13-7-3-4-10-15(13)19-18-20-17(21)16(23-18)11-5-8-14-9-6-12-22-14/h3-12H,2H2,1H3,(H,19,20,21)/b8-5+,16-11+. The van der Waals surface area contributed by atoms with Gasteiger partial charge in [-0.25, -0.2) is 4.99 Å². The van der Waals surface area contributed by atoms with E-state index in [1.807, 2.05) is 42.5 Å². The Labute approximate surface area is 139 Å². The van der Waals surface area contributed by atoms with E-state index in [0.717, 1.165) is 23.4 Å². The number of amides is 1. The van der Waals surface area contributed by atoms with E-state index in [9.17, 15) is 4.79 Å². The van der Waals surface area contributed by atoms with Crippen molar-refractivity contribution in [3.63, 3.8) is 0 Å². The van der Waals surface area contributed by atoms with Gasteiger partial charge in [0.15, 0.2) is 5.17 Å². The first-order chi connectivity index (χ1) is 11.3. The lowest BCUT2D eigenvalue weighted by Gasteiger charge is -2.02. The van der Waals surface area contributed by atoms with Crippen LogP contribution in [-0.2, 0) is 11.2 Å². The summed E-state index contributed by atoms with van der Waals surface area (Å²) >= 11 is 1.34. The van der Waals surface area contributed by atoms with Crippen molar-refractivity contribution in [2.24, 2.45) is 4.99 Å². The number of nitrogens with zero attached hydrogens (tertiary/aromatic N) is 1. The van der Waals surface area contributed by atoms with Crippen LogP contribution in [0, 0.1) is 0 Å². The van der Waals surface area contributed by atoms with Gasteiger partial charge in [-0.2, -0.15) is 0 Å². The molecule has 1 saturated heterocycles. The zero-order chi connectivity index (χ0) is 16.1. The summed E-state index contributed by atoms with van der Waals surface area (Å²) in [6, 6.07) is 11.6. The number of hydrogen-bond acceptors (Lipinski definition) is 4. The molecular formula is C18H16N2O2S. The molecule has 1 amide bonds. The highest BCUT2D eigenvalue weighted by molar-refractivity contribution is 8.18. The van der Waals surface area contributed by atoms with Crippen LogP contribution in [0.3, 0.4) is 0 Å². The molecule has 4 nitrogen and oxygen atoms in total. The summed E-state index contributed by atoms with van der Waals surface area (Å²) in [5.74, 6) is 0.614. The zero-order valence-electron chi connectivity index (χ0n) is 12.7. The number of furan rings is 1. The molecule has 2 heterocycles. The van der Waals surface area contributed by atoms with E-state index in [1.54, 1.807) is 18.4 Å². The molecule has 0 bridgehead atoms. The van der Waals surface area contributed by atoms with Crippen LogP contribution in [-0.4, -0.2) is 11.1 Å². The maximum atomic E-state index is 12.0. The van der Waals surface area contributed by atoms with Crippen LogP contribution < -0.4 is 5.32 Å². The van der Waals surface area contributed by atoms with Crippen LogP contribution >= 0.6 is 11.8 Å². The van der Waals surface area contributed by atoms with Gasteiger partial charge in [-0.05, 0) is 54.1 Å². The normalized spacial score (nSPS) is 18.2. The van der Waals surface area contributed by atoms with Crippen molar-refractivity contribution in [1.82, 2.24) is 5.32 Å². The smallest absolute Gasteiger partial charge is 0.264 e. The van der Waals surface area contributed by atoms with E-state index < -0.39 is 0 Å². The molecule has 1 aliphatic heterocycles. The number of amidine groups is 1. The van der Waals surface area contributed by atoms with Crippen molar-refractivity contribution in [1.29, 1.82) is 0 Å². The molecule has 1 aromatic carbocycles. The minimum Gasteiger partial charge on any atom is -0.465 e. The minimum atomic E-state index is -0.133. The second-order valence-corrected chi connectivity index (χ2v) is 5.89. The molecule has 0 aliphatic carbocycles. The van der Waals surface area contributed by atoms with Gasteiger partial charge in [-0.3, -0.25) is 4.79 Å². The summed E-state index contributed by atoms with van der Waals surface area (Å²) in [7, 11) is 0. The number of benzene rings is 1. The van der Waals surface area contributed by atoms with Crippen LogP contribution in [0.25, 0.3) is 6.08 Å². The highest BCUT2D eigenvalue weighted by Crippen LogP contribution is 2.27. The minimum absolute atomic E-state index is 0.133. The molecule has 1 aliphatic rings. The molecular weight excluding hydrogens is 308 g/mol.